The number of nitrogens with two attached hydrogens (primary N) is 1. The highest BCUT2D eigenvalue weighted by Crippen LogP contribution is 2.40. The first-order valence-corrected chi connectivity index (χ1v) is 15.6. The summed E-state index contributed by atoms with van der Waals surface area (Å²) in [4.78, 5) is 23.3. The Morgan fingerprint density at radius 3 is 1.95 bits per heavy atom. The molecule has 0 fully saturated rings. The summed E-state index contributed by atoms with van der Waals surface area (Å²) in [7, 11) is 4.86. The van der Waals surface area contributed by atoms with Gasteiger partial charge in [-0.3, -0.25) is 9.59 Å². The Morgan fingerprint density at radius 1 is 0.857 bits per heavy atom. The van der Waals surface area contributed by atoms with E-state index in [-0.39, 0.29) is 11.2 Å². The van der Waals surface area contributed by atoms with Gasteiger partial charge in [0.2, 0.25) is 0 Å². The number of benzene rings is 3. The SMILES string of the molecule is COc1cc(CC(=O)C=C(C)C)ccc1Br.COc1cc(N)ccc1Br.COc1cc2c(cc1Br)C(C)(C)CC(=O)C2. The summed E-state index contributed by atoms with van der Waals surface area (Å²) in [6, 6.07) is 15.2. The Kier molecular flexibility index (Phi) is 13.8. The van der Waals surface area contributed by atoms with Crippen LogP contribution < -0.4 is 19.9 Å². The molecule has 0 spiro atoms. The minimum absolute atomic E-state index is 0.0700. The molecule has 9 heteroatoms. The fourth-order valence-corrected chi connectivity index (χ4v) is 5.78. The molecule has 0 saturated heterocycles. The van der Waals surface area contributed by atoms with Crippen LogP contribution in [0, 0.1) is 0 Å². The number of rotatable bonds is 6. The largest absolute Gasteiger partial charge is 0.496 e. The van der Waals surface area contributed by atoms with Crippen LogP contribution in [0.3, 0.4) is 0 Å². The van der Waals surface area contributed by atoms with Gasteiger partial charge < -0.3 is 19.9 Å². The van der Waals surface area contributed by atoms with Gasteiger partial charge in [-0.1, -0.05) is 25.5 Å². The molecule has 0 saturated carbocycles. The molecule has 42 heavy (non-hydrogen) atoms. The number of hydrogen-bond acceptors (Lipinski definition) is 6. The molecule has 3 aromatic rings. The Balaban J connectivity index is 0.000000227. The number of Topliss-reactive ketones (excluding diaryl/α,β-unsaturated/α-hetero) is 1. The van der Waals surface area contributed by atoms with Gasteiger partial charge in [0.15, 0.2) is 5.78 Å². The summed E-state index contributed by atoms with van der Waals surface area (Å²) < 4.78 is 18.2. The summed E-state index contributed by atoms with van der Waals surface area (Å²) in [5.74, 6) is 2.73. The van der Waals surface area contributed by atoms with Gasteiger partial charge in [0, 0.05) is 31.0 Å². The van der Waals surface area contributed by atoms with E-state index in [4.69, 9.17) is 19.9 Å². The molecule has 0 radical (unpaired) electrons. The van der Waals surface area contributed by atoms with E-state index in [1.807, 2.05) is 50.2 Å². The van der Waals surface area contributed by atoms with Crippen molar-refractivity contribution in [2.75, 3.05) is 27.1 Å². The summed E-state index contributed by atoms with van der Waals surface area (Å²) in [6.07, 6.45) is 3.23. The second-order valence-electron chi connectivity index (χ2n) is 10.6. The fourth-order valence-electron chi connectivity index (χ4n) is 4.46. The second kappa shape index (κ2) is 16.3. The topological polar surface area (TPSA) is 87.8 Å². The first-order valence-electron chi connectivity index (χ1n) is 13.2. The monoisotopic (exact) mass is 765 g/mol. The number of carbonyl (C=O) groups excluding carboxylic acids is 2. The normalized spacial score (nSPS) is 12.9. The zero-order chi connectivity index (χ0) is 31.6. The van der Waals surface area contributed by atoms with Crippen molar-refractivity contribution in [3.05, 3.63) is 90.3 Å². The standard InChI is InChI=1S/2C13H15BrO2.C7H8BrNO/c1-13(2)7-9(15)4-8-5-12(16-3)11(14)6-10(8)13;1-9(2)6-11(15)7-10-4-5-12(14)13(8-10)16-3;1-10-7-4-5(9)2-3-6(7)8/h5-6H,4,7H2,1-3H3;4-6,8H,7H2,1-3H3;2-4H,9H2,1H3. The van der Waals surface area contributed by atoms with Crippen molar-refractivity contribution in [1.29, 1.82) is 0 Å². The minimum atomic E-state index is -0.0700. The number of ether oxygens (including phenoxy) is 3. The molecule has 0 aromatic heterocycles. The zero-order valence-corrected chi connectivity index (χ0v) is 29.8. The maximum Gasteiger partial charge on any atom is 0.159 e. The van der Waals surface area contributed by atoms with E-state index in [2.05, 4.69) is 67.7 Å². The van der Waals surface area contributed by atoms with Crippen molar-refractivity contribution in [1.82, 2.24) is 0 Å². The number of ketones is 2. The van der Waals surface area contributed by atoms with E-state index in [1.54, 1.807) is 33.5 Å². The van der Waals surface area contributed by atoms with Crippen molar-refractivity contribution in [3.8, 4) is 17.2 Å². The van der Waals surface area contributed by atoms with E-state index in [1.165, 1.54) is 5.56 Å². The summed E-state index contributed by atoms with van der Waals surface area (Å²) in [5, 5.41) is 0. The highest BCUT2D eigenvalue weighted by molar-refractivity contribution is 9.11. The van der Waals surface area contributed by atoms with Crippen molar-refractivity contribution in [3.63, 3.8) is 0 Å². The maximum absolute atomic E-state index is 11.7. The van der Waals surface area contributed by atoms with Gasteiger partial charge in [-0.05, 0) is 126 Å². The Morgan fingerprint density at radius 2 is 1.40 bits per heavy atom. The van der Waals surface area contributed by atoms with Crippen molar-refractivity contribution in [2.24, 2.45) is 0 Å². The number of allylic oxidation sites excluding steroid dienone is 2. The maximum atomic E-state index is 11.7. The Bertz CT molecular complexity index is 1450. The molecular weight excluding hydrogens is 730 g/mol. The van der Waals surface area contributed by atoms with Gasteiger partial charge in [0.1, 0.15) is 23.0 Å². The molecule has 1 aliphatic carbocycles. The lowest BCUT2D eigenvalue weighted by Crippen LogP contribution is -2.29. The lowest BCUT2D eigenvalue weighted by Gasteiger charge is -2.32. The first-order chi connectivity index (χ1) is 19.7. The third-order valence-electron chi connectivity index (χ3n) is 6.35. The van der Waals surface area contributed by atoms with Gasteiger partial charge in [0.25, 0.3) is 0 Å². The van der Waals surface area contributed by atoms with Gasteiger partial charge in [-0.25, -0.2) is 0 Å². The number of nitrogen functional groups attached to an aromatic ring is 1. The highest BCUT2D eigenvalue weighted by atomic mass is 79.9. The number of fused-ring (bicyclic) bond motifs is 1. The van der Waals surface area contributed by atoms with E-state index in [0.29, 0.717) is 30.7 Å². The first kappa shape index (κ1) is 35.6. The molecule has 0 amide bonds. The van der Waals surface area contributed by atoms with Gasteiger partial charge >= 0.3 is 0 Å². The summed E-state index contributed by atoms with van der Waals surface area (Å²) >= 11 is 10.2. The van der Waals surface area contributed by atoms with Gasteiger partial charge in [-0.2, -0.15) is 0 Å². The number of methoxy groups -OCH3 is 3. The zero-order valence-electron chi connectivity index (χ0n) is 25.1. The molecule has 3 aromatic carbocycles. The Labute approximate surface area is 274 Å². The van der Waals surface area contributed by atoms with Crippen LogP contribution in [0.5, 0.6) is 17.2 Å². The molecule has 0 heterocycles. The summed E-state index contributed by atoms with van der Waals surface area (Å²) in [5.41, 5.74) is 10.5. The third-order valence-corrected chi connectivity index (χ3v) is 8.28. The molecule has 226 valence electrons. The van der Waals surface area contributed by atoms with Crippen molar-refractivity contribution < 1.29 is 23.8 Å². The molecule has 2 N–H and O–H groups in total. The average molecular weight is 768 g/mol. The molecule has 0 atom stereocenters. The van der Waals surface area contributed by atoms with Crippen LogP contribution in [0.4, 0.5) is 5.69 Å². The molecule has 0 unspecified atom stereocenters. The summed E-state index contributed by atoms with van der Waals surface area (Å²) in [6.45, 7) is 8.06. The third kappa shape index (κ3) is 10.6. The quantitative estimate of drug-likeness (QED) is 0.199. The van der Waals surface area contributed by atoms with Crippen LogP contribution in [0.15, 0.2) is 73.6 Å². The molecule has 6 nitrogen and oxygen atoms in total. The van der Waals surface area contributed by atoms with Crippen LogP contribution in [-0.2, 0) is 27.8 Å². The molecule has 4 rings (SSSR count). The molecule has 0 aliphatic heterocycles. The van der Waals surface area contributed by atoms with E-state index in [0.717, 1.165) is 47.4 Å². The van der Waals surface area contributed by atoms with Crippen LogP contribution in [0.2, 0.25) is 0 Å². The predicted octanol–water partition coefficient (Wildman–Crippen LogP) is 8.83. The van der Waals surface area contributed by atoms with Gasteiger partial charge in [0.05, 0.1) is 34.7 Å². The fraction of sp³-hybridized carbons (Fsp3) is 0.333. The van der Waals surface area contributed by atoms with Crippen molar-refractivity contribution >= 4 is 65.0 Å². The molecular formula is C33H38Br3NO5. The molecule has 0 bridgehead atoms. The number of halogens is 3. The molecule has 1 aliphatic rings. The smallest absolute Gasteiger partial charge is 0.159 e. The second-order valence-corrected chi connectivity index (χ2v) is 13.2. The van der Waals surface area contributed by atoms with Crippen LogP contribution in [-0.4, -0.2) is 32.9 Å². The van der Waals surface area contributed by atoms with E-state index < -0.39 is 0 Å². The number of hydrogen-bond donors (Lipinski definition) is 1. The predicted molar refractivity (Wildman–Crippen MR) is 181 cm³/mol. The lowest BCUT2D eigenvalue weighted by molar-refractivity contribution is -0.120. The average Bonchev–Trinajstić information content (AvgIpc) is 2.91. The highest BCUT2D eigenvalue weighted by Gasteiger charge is 2.32. The van der Waals surface area contributed by atoms with Crippen LogP contribution in [0.1, 0.15) is 50.8 Å². The van der Waals surface area contributed by atoms with Gasteiger partial charge in [-0.15, -0.1) is 0 Å². The van der Waals surface area contributed by atoms with Crippen LogP contribution >= 0.6 is 47.8 Å². The number of anilines is 1. The number of carbonyl (C=O) groups is 2. The van der Waals surface area contributed by atoms with E-state index >= 15 is 0 Å². The van der Waals surface area contributed by atoms with Crippen molar-refractivity contribution in [2.45, 2.75) is 52.4 Å². The minimum Gasteiger partial charge on any atom is -0.496 e. The lowest BCUT2D eigenvalue weighted by atomic mass is 9.72. The van der Waals surface area contributed by atoms with E-state index in [9.17, 15) is 9.59 Å². The van der Waals surface area contributed by atoms with Crippen LogP contribution in [0.25, 0.3) is 0 Å². The Hall–Kier alpha value is -2.62.